The van der Waals surface area contributed by atoms with E-state index in [1.807, 2.05) is 18.8 Å². The van der Waals surface area contributed by atoms with Crippen molar-refractivity contribution in [3.05, 3.63) is 52.3 Å². The maximum absolute atomic E-state index is 4.48. The number of aryl methyl sites for hydroxylation is 3. The zero-order valence-electron chi connectivity index (χ0n) is 15.7. The van der Waals surface area contributed by atoms with Gasteiger partial charge in [0, 0.05) is 39.9 Å². The molecule has 1 heterocycles. The summed E-state index contributed by atoms with van der Waals surface area (Å²) < 4.78 is 1.95. The summed E-state index contributed by atoms with van der Waals surface area (Å²) in [4.78, 5) is 6.56. The highest BCUT2D eigenvalue weighted by molar-refractivity contribution is 5.79. The second kappa shape index (κ2) is 7.99. The van der Waals surface area contributed by atoms with Crippen molar-refractivity contribution in [2.75, 3.05) is 20.6 Å². The van der Waals surface area contributed by atoms with Crippen LogP contribution in [0.1, 0.15) is 28.1 Å². The quantitative estimate of drug-likeness (QED) is 0.678. The normalized spacial score (nSPS) is 11.7. The van der Waals surface area contributed by atoms with Crippen LogP contribution in [0.15, 0.2) is 29.3 Å². The van der Waals surface area contributed by atoms with E-state index in [2.05, 4.69) is 72.4 Å². The van der Waals surface area contributed by atoms with Crippen molar-refractivity contribution < 1.29 is 0 Å². The summed E-state index contributed by atoms with van der Waals surface area (Å²) in [6, 6.07) is 8.47. The smallest absolute Gasteiger partial charge is 0.193 e. The molecule has 0 bridgehead atoms. The molecule has 5 heteroatoms. The van der Waals surface area contributed by atoms with Crippen molar-refractivity contribution in [3.63, 3.8) is 0 Å². The molecular formula is C19H29N5. The van der Waals surface area contributed by atoms with Gasteiger partial charge in [-0.25, -0.2) is 0 Å². The summed E-state index contributed by atoms with van der Waals surface area (Å²) in [5.41, 5.74) is 6.29. The van der Waals surface area contributed by atoms with Gasteiger partial charge in [0.15, 0.2) is 5.96 Å². The Kier molecular flexibility index (Phi) is 6.01. The van der Waals surface area contributed by atoms with Crippen LogP contribution in [0.5, 0.6) is 0 Å². The van der Waals surface area contributed by atoms with E-state index in [-0.39, 0.29) is 0 Å². The van der Waals surface area contributed by atoms with Crippen LogP contribution >= 0.6 is 0 Å². The molecule has 130 valence electrons. The highest BCUT2D eigenvalue weighted by atomic mass is 15.3. The number of guanidine groups is 1. The number of hydrogen-bond acceptors (Lipinski definition) is 2. The van der Waals surface area contributed by atoms with Crippen LogP contribution in [0.2, 0.25) is 0 Å². The van der Waals surface area contributed by atoms with Crippen LogP contribution in [-0.4, -0.2) is 41.3 Å². The van der Waals surface area contributed by atoms with E-state index in [4.69, 9.17) is 0 Å². The minimum absolute atomic E-state index is 0.845. The lowest BCUT2D eigenvalue weighted by Gasteiger charge is -2.23. The molecule has 0 aliphatic carbocycles. The van der Waals surface area contributed by atoms with Gasteiger partial charge in [-0.2, -0.15) is 5.10 Å². The van der Waals surface area contributed by atoms with Crippen molar-refractivity contribution in [1.29, 1.82) is 0 Å². The number of hydrogen-bond donors (Lipinski definition) is 1. The van der Waals surface area contributed by atoms with Gasteiger partial charge in [-0.05, 0) is 43.9 Å². The average Bonchev–Trinajstić information content (AvgIpc) is 2.79. The van der Waals surface area contributed by atoms with Crippen LogP contribution in [0.4, 0.5) is 0 Å². The lowest BCUT2D eigenvalue weighted by Crippen LogP contribution is -2.39. The standard InChI is InChI=1S/C19H29N5/c1-14-9-7-8-10-17(14)13-23(5)19(20-4)21-12-11-18-15(2)22-24(6)16(18)3/h7-10H,11-13H2,1-6H3,(H,20,21). The SMILES string of the molecule is CN=C(NCCc1c(C)nn(C)c1C)N(C)Cc1ccccc1C. The Labute approximate surface area is 145 Å². The van der Waals surface area contributed by atoms with Gasteiger partial charge in [-0.1, -0.05) is 24.3 Å². The Hall–Kier alpha value is -2.30. The molecular weight excluding hydrogens is 298 g/mol. The van der Waals surface area contributed by atoms with E-state index in [1.165, 1.54) is 22.4 Å². The van der Waals surface area contributed by atoms with E-state index in [0.717, 1.165) is 31.2 Å². The highest BCUT2D eigenvalue weighted by Gasteiger charge is 2.11. The third-order valence-electron chi connectivity index (χ3n) is 4.56. The largest absolute Gasteiger partial charge is 0.356 e. The first-order valence-electron chi connectivity index (χ1n) is 8.39. The molecule has 0 aliphatic rings. The number of aromatic nitrogens is 2. The molecule has 0 saturated carbocycles. The topological polar surface area (TPSA) is 45.5 Å². The van der Waals surface area contributed by atoms with Crippen molar-refractivity contribution in [2.45, 2.75) is 33.7 Å². The molecule has 0 amide bonds. The summed E-state index contributed by atoms with van der Waals surface area (Å²) in [6.07, 6.45) is 0.947. The number of aliphatic imine (C=N–C) groups is 1. The molecule has 0 saturated heterocycles. The van der Waals surface area contributed by atoms with E-state index < -0.39 is 0 Å². The van der Waals surface area contributed by atoms with E-state index in [9.17, 15) is 0 Å². The molecule has 1 aromatic carbocycles. The fraction of sp³-hybridized carbons (Fsp3) is 0.474. The lowest BCUT2D eigenvalue weighted by molar-refractivity contribution is 0.476. The van der Waals surface area contributed by atoms with E-state index in [0.29, 0.717) is 0 Å². The predicted octanol–water partition coefficient (Wildman–Crippen LogP) is 2.60. The maximum atomic E-state index is 4.48. The Bertz CT molecular complexity index is 715. The first-order valence-corrected chi connectivity index (χ1v) is 8.39. The van der Waals surface area contributed by atoms with Crippen LogP contribution < -0.4 is 5.32 Å². The van der Waals surface area contributed by atoms with Crippen molar-refractivity contribution >= 4 is 5.96 Å². The van der Waals surface area contributed by atoms with Crippen LogP contribution in [0, 0.1) is 20.8 Å². The van der Waals surface area contributed by atoms with Crippen LogP contribution in [-0.2, 0) is 20.0 Å². The fourth-order valence-corrected chi connectivity index (χ4v) is 2.98. The van der Waals surface area contributed by atoms with E-state index in [1.54, 1.807) is 0 Å². The predicted molar refractivity (Wildman–Crippen MR) is 100 cm³/mol. The number of rotatable bonds is 5. The molecule has 0 unspecified atom stereocenters. The Morgan fingerprint density at radius 2 is 1.96 bits per heavy atom. The first-order chi connectivity index (χ1) is 11.4. The second-order valence-electron chi connectivity index (χ2n) is 6.28. The average molecular weight is 327 g/mol. The monoisotopic (exact) mass is 327 g/mol. The Morgan fingerprint density at radius 3 is 2.54 bits per heavy atom. The highest BCUT2D eigenvalue weighted by Crippen LogP contribution is 2.12. The molecule has 0 aliphatic heterocycles. The van der Waals surface area contributed by atoms with Gasteiger partial charge in [0.05, 0.1) is 5.69 Å². The van der Waals surface area contributed by atoms with Gasteiger partial charge >= 0.3 is 0 Å². The van der Waals surface area contributed by atoms with Crippen molar-refractivity contribution in [2.24, 2.45) is 12.0 Å². The minimum atomic E-state index is 0.845. The number of nitrogens with zero attached hydrogens (tertiary/aromatic N) is 4. The number of benzene rings is 1. The summed E-state index contributed by atoms with van der Waals surface area (Å²) in [5.74, 6) is 0.914. The van der Waals surface area contributed by atoms with Crippen LogP contribution in [0.25, 0.3) is 0 Å². The minimum Gasteiger partial charge on any atom is -0.356 e. The second-order valence-corrected chi connectivity index (χ2v) is 6.28. The zero-order valence-corrected chi connectivity index (χ0v) is 15.7. The molecule has 2 aromatic rings. The summed E-state index contributed by atoms with van der Waals surface area (Å²) in [5, 5.41) is 7.94. The Morgan fingerprint density at radius 1 is 1.25 bits per heavy atom. The molecule has 2 rings (SSSR count). The fourth-order valence-electron chi connectivity index (χ4n) is 2.98. The molecule has 1 aromatic heterocycles. The summed E-state index contributed by atoms with van der Waals surface area (Å²) in [7, 11) is 5.90. The molecule has 24 heavy (non-hydrogen) atoms. The zero-order chi connectivity index (χ0) is 17.7. The maximum Gasteiger partial charge on any atom is 0.193 e. The summed E-state index contributed by atoms with van der Waals surface area (Å²) in [6.45, 7) is 8.03. The van der Waals surface area contributed by atoms with Crippen molar-refractivity contribution in [3.8, 4) is 0 Å². The third-order valence-corrected chi connectivity index (χ3v) is 4.56. The van der Waals surface area contributed by atoms with Crippen molar-refractivity contribution in [1.82, 2.24) is 20.0 Å². The van der Waals surface area contributed by atoms with Gasteiger partial charge < -0.3 is 10.2 Å². The Balaban J connectivity index is 1.93. The molecule has 0 atom stereocenters. The molecule has 0 fully saturated rings. The third kappa shape index (κ3) is 4.16. The molecule has 0 spiro atoms. The number of nitrogens with one attached hydrogen (secondary N) is 1. The van der Waals surface area contributed by atoms with Gasteiger partial charge in [0.25, 0.3) is 0 Å². The first kappa shape index (κ1) is 18.0. The molecule has 1 N–H and O–H groups in total. The van der Waals surface area contributed by atoms with E-state index >= 15 is 0 Å². The van der Waals surface area contributed by atoms with Gasteiger partial charge in [-0.15, -0.1) is 0 Å². The van der Waals surface area contributed by atoms with Crippen LogP contribution in [0.3, 0.4) is 0 Å². The summed E-state index contributed by atoms with van der Waals surface area (Å²) >= 11 is 0. The van der Waals surface area contributed by atoms with Gasteiger partial charge in [0.2, 0.25) is 0 Å². The lowest BCUT2D eigenvalue weighted by atomic mass is 10.1. The van der Waals surface area contributed by atoms with Gasteiger partial charge in [0.1, 0.15) is 0 Å². The van der Waals surface area contributed by atoms with Gasteiger partial charge in [-0.3, -0.25) is 9.67 Å². The molecule has 0 radical (unpaired) electrons. The molecule has 5 nitrogen and oxygen atoms in total.